The third-order valence-electron chi connectivity index (χ3n) is 5.11. The Bertz CT molecular complexity index is 274. The largest absolute Gasteiger partial charge is 0.393 e. The molecule has 5 atom stereocenters. The smallest absolute Gasteiger partial charge is 0.133 e. The van der Waals surface area contributed by atoms with Gasteiger partial charge in [-0.05, 0) is 55.8 Å². The number of hydrogen-bond donors (Lipinski definition) is 1. The second kappa shape index (κ2) is 3.58. The van der Waals surface area contributed by atoms with E-state index in [1.807, 2.05) is 0 Å². The molecule has 0 amide bonds. The SMILES string of the molecule is O=C1CCC2C(CCC3C(O)CCC32)C1. The number of Topliss-reactive ketones (excluding diaryl/α,β-unsaturated/α-hetero) is 1. The van der Waals surface area contributed by atoms with Crippen molar-refractivity contribution < 1.29 is 9.90 Å². The summed E-state index contributed by atoms with van der Waals surface area (Å²) in [5.74, 6) is 3.22. The van der Waals surface area contributed by atoms with Crippen molar-refractivity contribution in [3.63, 3.8) is 0 Å². The van der Waals surface area contributed by atoms with Gasteiger partial charge in [-0.2, -0.15) is 0 Å². The third-order valence-corrected chi connectivity index (χ3v) is 5.11. The van der Waals surface area contributed by atoms with Crippen LogP contribution in [-0.2, 0) is 4.79 Å². The first-order chi connectivity index (χ1) is 7.25. The molecule has 0 aromatic heterocycles. The second-order valence-electron chi connectivity index (χ2n) is 5.76. The predicted octanol–water partition coefficient (Wildman–Crippen LogP) is 2.15. The summed E-state index contributed by atoms with van der Waals surface area (Å²) in [5, 5.41) is 9.90. The van der Waals surface area contributed by atoms with Crippen molar-refractivity contribution in [1.29, 1.82) is 0 Å². The molecule has 3 aliphatic carbocycles. The third kappa shape index (κ3) is 1.54. The van der Waals surface area contributed by atoms with E-state index in [4.69, 9.17) is 0 Å². The van der Waals surface area contributed by atoms with Crippen molar-refractivity contribution in [2.75, 3.05) is 0 Å². The van der Waals surface area contributed by atoms with Crippen molar-refractivity contribution >= 4 is 5.78 Å². The first-order valence-corrected chi connectivity index (χ1v) is 6.45. The van der Waals surface area contributed by atoms with E-state index in [0.29, 0.717) is 17.6 Å². The van der Waals surface area contributed by atoms with Crippen molar-refractivity contribution in [3.8, 4) is 0 Å². The average Bonchev–Trinajstić information content (AvgIpc) is 2.60. The highest BCUT2D eigenvalue weighted by Gasteiger charge is 2.46. The maximum Gasteiger partial charge on any atom is 0.133 e. The van der Waals surface area contributed by atoms with Crippen LogP contribution in [0.15, 0.2) is 0 Å². The van der Waals surface area contributed by atoms with Gasteiger partial charge < -0.3 is 5.11 Å². The lowest BCUT2D eigenvalue weighted by molar-refractivity contribution is -0.124. The Morgan fingerprint density at radius 1 is 0.933 bits per heavy atom. The Hall–Kier alpha value is -0.370. The number of rotatable bonds is 0. The quantitative estimate of drug-likeness (QED) is 0.662. The molecule has 3 saturated carbocycles. The first-order valence-electron chi connectivity index (χ1n) is 6.45. The van der Waals surface area contributed by atoms with Crippen LogP contribution in [0.4, 0.5) is 0 Å². The zero-order valence-electron chi connectivity index (χ0n) is 9.19. The van der Waals surface area contributed by atoms with E-state index in [1.165, 1.54) is 19.3 Å². The monoisotopic (exact) mass is 208 g/mol. The number of aliphatic hydroxyl groups is 1. The summed E-state index contributed by atoms with van der Waals surface area (Å²) >= 11 is 0. The summed E-state index contributed by atoms with van der Waals surface area (Å²) in [5.41, 5.74) is 0. The standard InChI is InChI=1S/C13H20O2/c14-9-2-4-10-8(7-9)1-3-12-11(10)5-6-13(12)15/h8,10-13,15H,1-7H2. The van der Waals surface area contributed by atoms with Gasteiger partial charge in [-0.25, -0.2) is 0 Å². The number of hydrogen-bond acceptors (Lipinski definition) is 2. The van der Waals surface area contributed by atoms with Crippen LogP contribution in [0.5, 0.6) is 0 Å². The topological polar surface area (TPSA) is 37.3 Å². The fourth-order valence-electron chi connectivity index (χ4n) is 4.41. The lowest BCUT2D eigenvalue weighted by atomic mass is 9.62. The zero-order chi connectivity index (χ0) is 10.4. The summed E-state index contributed by atoms with van der Waals surface area (Å²) in [6, 6.07) is 0. The minimum Gasteiger partial charge on any atom is -0.393 e. The molecular weight excluding hydrogens is 188 g/mol. The highest BCUT2D eigenvalue weighted by Crippen LogP contribution is 2.51. The molecule has 3 fully saturated rings. The van der Waals surface area contributed by atoms with E-state index in [1.54, 1.807) is 0 Å². The van der Waals surface area contributed by atoms with Gasteiger partial charge in [0.2, 0.25) is 0 Å². The number of carbonyl (C=O) groups is 1. The highest BCUT2D eigenvalue weighted by molar-refractivity contribution is 5.79. The predicted molar refractivity (Wildman–Crippen MR) is 57.3 cm³/mol. The molecule has 0 saturated heterocycles. The van der Waals surface area contributed by atoms with Crippen LogP contribution < -0.4 is 0 Å². The van der Waals surface area contributed by atoms with Crippen molar-refractivity contribution in [1.82, 2.24) is 0 Å². The molecule has 15 heavy (non-hydrogen) atoms. The first kappa shape index (κ1) is 9.83. The van der Waals surface area contributed by atoms with Gasteiger partial charge >= 0.3 is 0 Å². The van der Waals surface area contributed by atoms with Gasteiger partial charge in [0.05, 0.1) is 6.10 Å². The zero-order valence-corrected chi connectivity index (χ0v) is 9.19. The van der Waals surface area contributed by atoms with Gasteiger partial charge in [0, 0.05) is 12.8 Å². The molecule has 3 rings (SSSR count). The van der Waals surface area contributed by atoms with Gasteiger partial charge in [0.25, 0.3) is 0 Å². The Morgan fingerprint density at radius 3 is 2.60 bits per heavy atom. The van der Waals surface area contributed by atoms with Gasteiger partial charge in [0.1, 0.15) is 5.78 Å². The van der Waals surface area contributed by atoms with Crippen LogP contribution in [0.25, 0.3) is 0 Å². The van der Waals surface area contributed by atoms with E-state index >= 15 is 0 Å². The molecule has 0 spiro atoms. The highest BCUT2D eigenvalue weighted by atomic mass is 16.3. The van der Waals surface area contributed by atoms with Crippen LogP contribution in [-0.4, -0.2) is 17.0 Å². The van der Waals surface area contributed by atoms with E-state index in [-0.39, 0.29) is 6.10 Å². The van der Waals surface area contributed by atoms with Crippen molar-refractivity contribution in [2.45, 2.75) is 51.0 Å². The summed E-state index contributed by atoms with van der Waals surface area (Å²) < 4.78 is 0. The fraction of sp³-hybridized carbons (Fsp3) is 0.923. The Kier molecular flexibility index (Phi) is 2.35. The molecule has 0 radical (unpaired) electrons. The minimum absolute atomic E-state index is 0.0337. The molecule has 2 nitrogen and oxygen atoms in total. The summed E-state index contributed by atoms with van der Waals surface area (Å²) in [4.78, 5) is 11.4. The lowest BCUT2D eigenvalue weighted by Gasteiger charge is -2.43. The summed E-state index contributed by atoms with van der Waals surface area (Å²) in [6.07, 6.45) is 7.29. The Morgan fingerprint density at radius 2 is 1.73 bits per heavy atom. The summed E-state index contributed by atoms with van der Waals surface area (Å²) in [7, 11) is 0. The number of ketones is 1. The molecule has 0 heterocycles. The van der Waals surface area contributed by atoms with Crippen molar-refractivity contribution in [2.24, 2.45) is 23.7 Å². The number of aliphatic hydroxyl groups excluding tert-OH is 1. The molecule has 0 aromatic rings. The van der Waals surface area contributed by atoms with Crippen LogP contribution in [0.3, 0.4) is 0 Å². The maximum atomic E-state index is 11.4. The van der Waals surface area contributed by atoms with Gasteiger partial charge in [-0.15, -0.1) is 0 Å². The molecule has 84 valence electrons. The lowest BCUT2D eigenvalue weighted by Crippen LogP contribution is -2.38. The van der Waals surface area contributed by atoms with Crippen LogP contribution in [0.1, 0.15) is 44.9 Å². The number of carbonyl (C=O) groups excluding carboxylic acids is 1. The van der Waals surface area contributed by atoms with Crippen molar-refractivity contribution in [3.05, 3.63) is 0 Å². The minimum atomic E-state index is -0.0337. The summed E-state index contributed by atoms with van der Waals surface area (Å²) in [6.45, 7) is 0. The van der Waals surface area contributed by atoms with E-state index in [0.717, 1.165) is 37.5 Å². The van der Waals surface area contributed by atoms with Gasteiger partial charge in [0.15, 0.2) is 0 Å². The normalized spacial score (nSPS) is 49.9. The van der Waals surface area contributed by atoms with Crippen LogP contribution in [0, 0.1) is 23.7 Å². The van der Waals surface area contributed by atoms with E-state index < -0.39 is 0 Å². The molecule has 0 bridgehead atoms. The Balaban J connectivity index is 1.77. The van der Waals surface area contributed by atoms with Crippen LogP contribution in [0.2, 0.25) is 0 Å². The van der Waals surface area contributed by atoms with Gasteiger partial charge in [-0.1, -0.05) is 0 Å². The molecule has 0 aliphatic heterocycles. The molecule has 2 heteroatoms. The molecule has 1 N–H and O–H groups in total. The Labute approximate surface area is 91.1 Å². The molecule has 0 aromatic carbocycles. The number of fused-ring (bicyclic) bond motifs is 3. The molecule has 3 aliphatic rings. The van der Waals surface area contributed by atoms with E-state index in [2.05, 4.69) is 0 Å². The molecular formula is C13H20O2. The van der Waals surface area contributed by atoms with Crippen LogP contribution >= 0.6 is 0 Å². The maximum absolute atomic E-state index is 11.4. The van der Waals surface area contributed by atoms with Gasteiger partial charge in [-0.3, -0.25) is 4.79 Å². The molecule has 5 unspecified atom stereocenters. The average molecular weight is 208 g/mol. The second-order valence-corrected chi connectivity index (χ2v) is 5.76. The fourth-order valence-corrected chi connectivity index (χ4v) is 4.41. The van der Waals surface area contributed by atoms with E-state index in [9.17, 15) is 9.90 Å².